The molecule has 1 aromatic rings. The van der Waals surface area contributed by atoms with Crippen molar-refractivity contribution in [2.45, 2.75) is 105 Å². The topological polar surface area (TPSA) is 56.5 Å². The molecule has 0 saturated heterocycles. The van der Waals surface area contributed by atoms with Crippen molar-refractivity contribution >= 4 is 5.97 Å². The monoisotopic (exact) mass is 364 g/mol. The van der Waals surface area contributed by atoms with Crippen LogP contribution in [0.5, 0.6) is 0 Å². The maximum Gasteiger partial charge on any atom is 0.302 e. The molecule has 0 amide bonds. The lowest BCUT2D eigenvalue weighted by atomic mass is 10.0. The van der Waals surface area contributed by atoms with E-state index in [0.717, 1.165) is 54.8 Å². The molecular weight excluding hydrogens is 328 g/mol. The van der Waals surface area contributed by atoms with Gasteiger partial charge in [0, 0.05) is 24.5 Å². The van der Waals surface area contributed by atoms with E-state index in [9.17, 15) is 9.59 Å². The minimum absolute atomic E-state index is 0.0351. The molecule has 1 aromatic heterocycles. The Labute approximate surface area is 158 Å². The van der Waals surface area contributed by atoms with Gasteiger partial charge < -0.3 is 9.15 Å². The largest absolute Gasteiger partial charge is 0.466 e. The van der Waals surface area contributed by atoms with Gasteiger partial charge in [-0.25, -0.2) is 0 Å². The molecule has 0 N–H and O–H groups in total. The molecule has 0 fully saturated rings. The molecule has 0 radical (unpaired) electrons. The lowest BCUT2D eigenvalue weighted by Crippen LogP contribution is -2.15. The van der Waals surface area contributed by atoms with E-state index >= 15 is 0 Å². The Hall–Kier alpha value is -1.58. The molecule has 4 nitrogen and oxygen atoms in total. The van der Waals surface area contributed by atoms with Crippen molar-refractivity contribution in [1.29, 1.82) is 0 Å². The standard InChI is InChI=1S/C22H36O4/c1-6-20-18(4)26-21(17(3)22(20)24)15-13-11-9-7-8-10-12-14-16(2)25-19(5)23/h16H,6-15H2,1-5H3. The van der Waals surface area contributed by atoms with Gasteiger partial charge >= 0.3 is 5.97 Å². The predicted octanol–water partition coefficient (Wildman–Crippen LogP) is 5.43. The van der Waals surface area contributed by atoms with Gasteiger partial charge in [0.05, 0.1) is 6.10 Å². The van der Waals surface area contributed by atoms with Crippen LogP contribution in [0, 0.1) is 13.8 Å². The second-order valence-corrected chi connectivity index (χ2v) is 7.30. The zero-order valence-electron chi connectivity index (χ0n) is 17.3. The Morgan fingerprint density at radius 1 is 1.04 bits per heavy atom. The lowest BCUT2D eigenvalue weighted by Gasteiger charge is -2.11. The van der Waals surface area contributed by atoms with Gasteiger partial charge in [-0.05, 0) is 46.5 Å². The van der Waals surface area contributed by atoms with Crippen LogP contribution in [0.4, 0.5) is 0 Å². The molecular formula is C22H36O4. The Kier molecular flexibility index (Phi) is 10.3. The van der Waals surface area contributed by atoms with Crippen LogP contribution < -0.4 is 5.43 Å². The third-order valence-corrected chi connectivity index (χ3v) is 4.97. The van der Waals surface area contributed by atoms with Crippen LogP contribution in [0.3, 0.4) is 0 Å². The molecule has 26 heavy (non-hydrogen) atoms. The van der Waals surface area contributed by atoms with Crippen molar-refractivity contribution < 1.29 is 13.9 Å². The molecule has 0 aromatic carbocycles. The number of rotatable bonds is 12. The van der Waals surface area contributed by atoms with E-state index in [-0.39, 0.29) is 17.5 Å². The summed E-state index contributed by atoms with van der Waals surface area (Å²) in [6.45, 7) is 9.19. The summed E-state index contributed by atoms with van der Waals surface area (Å²) in [7, 11) is 0. The summed E-state index contributed by atoms with van der Waals surface area (Å²) >= 11 is 0. The molecule has 0 aliphatic carbocycles. The fourth-order valence-corrected chi connectivity index (χ4v) is 3.43. The Morgan fingerprint density at radius 2 is 1.62 bits per heavy atom. The highest BCUT2D eigenvalue weighted by Crippen LogP contribution is 2.16. The molecule has 0 aliphatic heterocycles. The first-order valence-corrected chi connectivity index (χ1v) is 10.2. The van der Waals surface area contributed by atoms with Crippen LogP contribution in [0.25, 0.3) is 0 Å². The van der Waals surface area contributed by atoms with Crippen molar-refractivity contribution in [3.05, 3.63) is 32.9 Å². The van der Waals surface area contributed by atoms with E-state index in [1.54, 1.807) is 0 Å². The van der Waals surface area contributed by atoms with E-state index < -0.39 is 0 Å². The number of carbonyl (C=O) groups is 1. The highest BCUT2D eigenvalue weighted by atomic mass is 16.5. The van der Waals surface area contributed by atoms with Crippen LogP contribution in [0.1, 0.15) is 94.8 Å². The van der Waals surface area contributed by atoms with Gasteiger partial charge in [-0.15, -0.1) is 0 Å². The molecule has 148 valence electrons. The molecule has 0 saturated carbocycles. The molecule has 1 rings (SSSR count). The van der Waals surface area contributed by atoms with Crippen LogP contribution in [0.15, 0.2) is 9.21 Å². The van der Waals surface area contributed by atoms with Crippen molar-refractivity contribution in [2.24, 2.45) is 0 Å². The van der Waals surface area contributed by atoms with E-state index in [1.165, 1.54) is 39.0 Å². The molecule has 4 heteroatoms. The van der Waals surface area contributed by atoms with Gasteiger partial charge in [-0.1, -0.05) is 39.0 Å². The smallest absolute Gasteiger partial charge is 0.302 e. The molecule has 0 bridgehead atoms. The van der Waals surface area contributed by atoms with Crippen LogP contribution >= 0.6 is 0 Å². The van der Waals surface area contributed by atoms with Crippen molar-refractivity contribution in [1.82, 2.24) is 0 Å². The van der Waals surface area contributed by atoms with E-state index in [2.05, 4.69) is 0 Å². The van der Waals surface area contributed by atoms with Gasteiger partial charge in [-0.2, -0.15) is 0 Å². The minimum atomic E-state index is -0.192. The predicted molar refractivity (Wildman–Crippen MR) is 106 cm³/mol. The second kappa shape index (κ2) is 11.9. The third kappa shape index (κ3) is 7.76. The average molecular weight is 365 g/mol. The molecule has 1 atom stereocenters. The highest BCUT2D eigenvalue weighted by Gasteiger charge is 2.12. The summed E-state index contributed by atoms with van der Waals surface area (Å²) in [6.07, 6.45) is 10.8. The number of hydrogen-bond acceptors (Lipinski definition) is 4. The summed E-state index contributed by atoms with van der Waals surface area (Å²) in [6, 6.07) is 0. The summed E-state index contributed by atoms with van der Waals surface area (Å²) in [5, 5.41) is 0. The molecule has 1 heterocycles. The SMILES string of the molecule is CCc1c(C)oc(CCCCCCCCCC(C)OC(C)=O)c(C)c1=O. The molecule has 1 unspecified atom stereocenters. The summed E-state index contributed by atoms with van der Waals surface area (Å²) in [4.78, 5) is 23.1. The van der Waals surface area contributed by atoms with Gasteiger partial charge in [0.2, 0.25) is 0 Å². The van der Waals surface area contributed by atoms with Crippen LogP contribution in [0.2, 0.25) is 0 Å². The average Bonchev–Trinajstić information content (AvgIpc) is 2.57. The van der Waals surface area contributed by atoms with E-state index in [1.807, 2.05) is 27.7 Å². The number of carbonyl (C=O) groups excluding carboxylic acids is 1. The van der Waals surface area contributed by atoms with Crippen molar-refractivity contribution in [2.75, 3.05) is 0 Å². The van der Waals surface area contributed by atoms with Gasteiger partial charge in [0.25, 0.3) is 0 Å². The maximum atomic E-state index is 12.3. The van der Waals surface area contributed by atoms with Gasteiger partial charge in [-0.3, -0.25) is 9.59 Å². The summed E-state index contributed by atoms with van der Waals surface area (Å²) in [5.74, 6) is 1.45. The lowest BCUT2D eigenvalue weighted by molar-refractivity contribution is -0.145. The first-order chi connectivity index (χ1) is 12.4. The quantitative estimate of drug-likeness (QED) is 0.366. The van der Waals surface area contributed by atoms with Crippen LogP contribution in [-0.2, 0) is 22.4 Å². The molecule has 0 spiro atoms. The molecule has 0 aliphatic rings. The summed E-state index contributed by atoms with van der Waals surface area (Å²) < 4.78 is 11.0. The second-order valence-electron chi connectivity index (χ2n) is 7.30. The van der Waals surface area contributed by atoms with E-state index in [0.29, 0.717) is 0 Å². The number of aryl methyl sites for hydroxylation is 2. The Bertz CT molecular complexity index is 615. The number of unbranched alkanes of at least 4 members (excludes halogenated alkanes) is 6. The van der Waals surface area contributed by atoms with Crippen molar-refractivity contribution in [3.63, 3.8) is 0 Å². The first-order valence-electron chi connectivity index (χ1n) is 10.2. The third-order valence-electron chi connectivity index (χ3n) is 4.97. The zero-order chi connectivity index (χ0) is 19.5. The van der Waals surface area contributed by atoms with Gasteiger partial charge in [0.15, 0.2) is 5.43 Å². The van der Waals surface area contributed by atoms with E-state index in [4.69, 9.17) is 9.15 Å². The highest BCUT2D eigenvalue weighted by molar-refractivity contribution is 5.66. The minimum Gasteiger partial charge on any atom is -0.466 e. The first kappa shape index (κ1) is 22.5. The number of esters is 1. The summed E-state index contributed by atoms with van der Waals surface area (Å²) in [5.41, 5.74) is 1.76. The fourth-order valence-electron chi connectivity index (χ4n) is 3.43. The maximum absolute atomic E-state index is 12.3. The van der Waals surface area contributed by atoms with Crippen molar-refractivity contribution in [3.8, 4) is 0 Å². The zero-order valence-corrected chi connectivity index (χ0v) is 17.3. The Morgan fingerprint density at radius 3 is 2.19 bits per heavy atom. The van der Waals surface area contributed by atoms with Gasteiger partial charge in [0.1, 0.15) is 11.5 Å². The number of ether oxygens (including phenoxy) is 1. The normalized spacial score (nSPS) is 12.2. The fraction of sp³-hybridized carbons (Fsp3) is 0.727. The number of hydrogen-bond donors (Lipinski definition) is 0. The Balaban J connectivity index is 2.17. The van der Waals surface area contributed by atoms with Crippen LogP contribution in [-0.4, -0.2) is 12.1 Å².